The zero-order chi connectivity index (χ0) is 12.3. The Labute approximate surface area is 107 Å². The largest absolute Gasteiger partial charge is 0.495 e. The molecule has 92 valence electrons. The van der Waals surface area contributed by atoms with E-state index in [1.807, 2.05) is 6.07 Å². The smallest absolute Gasteiger partial charge is 0.165 e. The summed E-state index contributed by atoms with van der Waals surface area (Å²) < 4.78 is 5.08. The first kappa shape index (κ1) is 12.4. The average Bonchev–Trinajstić information content (AvgIpc) is 2.39. The van der Waals surface area contributed by atoms with Crippen LogP contribution in [0.5, 0.6) is 5.75 Å². The van der Waals surface area contributed by atoms with E-state index in [2.05, 4.69) is 0 Å². The summed E-state index contributed by atoms with van der Waals surface area (Å²) in [5, 5.41) is 0.508. The van der Waals surface area contributed by atoms with Crippen LogP contribution in [0, 0.1) is 5.92 Å². The van der Waals surface area contributed by atoms with E-state index in [1.165, 1.54) is 19.3 Å². The van der Waals surface area contributed by atoms with Crippen LogP contribution in [0.1, 0.15) is 42.5 Å². The van der Waals surface area contributed by atoms with Crippen molar-refractivity contribution in [2.75, 3.05) is 7.11 Å². The van der Waals surface area contributed by atoms with E-state index in [-0.39, 0.29) is 11.7 Å². The molecule has 3 heteroatoms. The lowest BCUT2D eigenvalue weighted by molar-refractivity contribution is 0.0889. The molecule has 0 N–H and O–H groups in total. The number of hydrogen-bond acceptors (Lipinski definition) is 2. The van der Waals surface area contributed by atoms with Crippen molar-refractivity contribution in [3.63, 3.8) is 0 Å². The van der Waals surface area contributed by atoms with Crippen LogP contribution in [0.25, 0.3) is 0 Å². The van der Waals surface area contributed by atoms with Crippen LogP contribution in [0.2, 0.25) is 5.02 Å². The van der Waals surface area contributed by atoms with Crippen molar-refractivity contribution in [2.24, 2.45) is 5.92 Å². The topological polar surface area (TPSA) is 26.3 Å². The lowest BCUT2D eigenvalue weighted by atomic mass is 9.84. The van der Waals surface area contributed by atoms with Gasteiger partial charge in [-0.3, -0.25) is 4.79 Å². The molecule has 2 rings (SSSR count). The second-order valence-electron chi connectivity index (χ2n) is 4.55. The third-order valence-electron chi connectivity index (χ3n) is 3.41. The van der Waals surface area contributed by atoms with Crippen LogP contribution in [0.4, 0.5) is 0 Å². The summed E-state index contributed by atoms with van der Waals surface area (Å²) in [6.07, 6.45) is 5.62. The summed E-state index contributed by atoms with van der Waals surface area (Å²) in [6.45, 7) is 0. The number of halogens is 1. The SMILES string of the molecule is COc1ccc(C(=O)C2CCCCC2)cc1Cl. The van der Waals surface area contributed by atoms with Crippen molar-refractivity contribution >= 4 is 17.4 Å². The Balaban J connectivity index is 2.16. The van der Waals surface area contributed by atoms with Crippen LogP contribution >= 0.6 is 11.6 Å². The summed E-state index contributed by atoms with van der Waals surface area (Å²) >= 11 is 6.04. The summed E-state index contributed by atoms with van der Waals surface area (Å²) in [6, 6.07) is 5.29. The van der Waals surface area contributed by atoms with Crippen molar-refractivity contribution in [2.45, 2.75) is 32.1 Å². The quantitative estimate of drug-likeness (QED) is 0.757. The van der Waals surface area contributed by atoms with Gasteiger partial charge in [0.2, 0.25) is 0 Å². The number of carbonyl (C=O) groups is 1. The van der Waals surface area contributed by atoms with Gasteiger partial charge in [0.25, 0.3) is 0 Å². The van der Waals surface area contributed by atoms with E-state index < -0.39 is 0 Å². The van der Waals surface area contributed by atoms with Crippen molar-refractivity contribution in [3.8, 4) is 5.75 Å². The molecule has 0 atom stereocenters. The molecular formula is C14H17ClO2. The molecule has 0 amide bonds. The molecule has 0 saturated heterocycles. The minimum absolute atomic E-state index is 0.188. The Bertz CT molecular complexity index is 409. The van der Waals surface area contributed by atoms with E-state index in [1.54, 1.807) is 19.2 Å². The molecule has 0 heterocycles. The number of ether oxygens (including phenoxy) is 1. The Morgan fingerprint density at radius 1 is 1.29 bits per heavy atom. The minimum atomic E-state index is 0.188. The molecule has 0 radical (unpaired) electrons. The van der Waals surface area contributed by atoms with E-state index in [4.69, 9.17) is 16.3 Å². The predicted octanol–water partition coefficient (Wildman–Crippen LogP) is 4.11. The number of ketones is 1. The van der Waals surface area contributed by atoms with Crippen LogP contribution in [0.15, 0.2) is 18.2 Å². The summed E-state index contributed by atoms with van der Waals surface area (Å²) in [7, 11) is 1.57. The maximum atomic E-state index is 12.3. The molecule has 1 aliphatic carbocycles. The number of benzene rings is 1. The molecule has 1 aromatic carbocycles. The van der Waals surface area contributed by atoms with Gasteiger partial charge in [0, 0.05) is 11.5 Å². The highest BCUT2D eigenvalue weighted by molar-refractivity contribution is 6.32. The van der Waals surface area contributed by atoms with E-state index >= 15 is 0 Å². The van der Waals surface area contributed by atoms with Gasteiger partial charge in [-0.2, -0.15) is 0 Å². The fraction of sp³-hybridized carbons (Fsp3) is 0.500. The first-order valence-electron chi connectivity index (χ1n) is 6.10. The van der Waals surface area contributed by atoms with E-state index in [0.29, 0.717) is 16.3 Å². The van der Waals surface area contributed by atoms with E-state index in [0.717, 1.165) is 12.8 Å². The van der Waals surface area contributed by atoms with Crippen LogP contribution in [0.3, 0.4) is 0 Å². The van der Waals surface area contributed by atoms with Gasteiger partial charge in [0.05, 0.1) is 12.1 Å². The Morgan fingerprint density at radius 2 is 2.00 bits per heavy atom. The van der Waals surface area contributed by atoms with Gasteiger partial charge < -0.3 is 4.74 Å². The molecule has 0 spiro atoms. The number of rotatable bonds is 3. The zero-order valence-electron chi connectivity index (χ0n) is 10.0. The molecule has 1 aliphatic rings. The monoisotopic (exact) mass is 252 g/mol. The van der Waals surface area contributed by atoms with E-state index in [9.17, 15) is 4.79 Å². The lowest BCUT2D eigenvalue weighted by Gasteiger charge is -2.20. The first-order chi connectivity index (χ1) is 8.22. The Hall–Kier alpha value is -1.02. The highest BCUT2D eigenvalue weighted by Crippen LogP contribution is 2.30. The fourth-order valence-corrected chi connectivity index (χ4v) is 2.68. The van der Waals surface area contributed by atoms with Crippen molar-refractivity contribution in [1.29, 1.82) is 0 Å². The van der Waals surface area contributed by atoms with Gasteiger partial charge in [0.1, 0.15) is 5.75 Å². The maximum Gasteiger partial charge on any atom is 0.165 e. The third kappa shape index (κ3) is 2.81. The number of hydrogen-bond donors (Lipinski definition) is 0. The molecule has 1 fully saturated rings. The number of carbonyl (C=O) groups excluding carboxylic acids is 1. The molecule has 2 nitrogen and oxygen atoms in total. The van der Waals surface area contributed by atoms with Crippen molar-refractivity contribution in [3.05, 3.63) is 28.8 Å². The summed E-state index contributed by atoms with van der Waals surface area (Å²) in [4.78, 5) is 12.3. The predicted molar refractivity (Wildman–Crippen MR) is 68.9 cm³/mol. The normalized spacial score (nSPS) is 16.8. The molecule has 0 bridgehead atoms. The molecule has 1 aromatic rings. The van der Waals surface area contributed by atoms with Crippen LogP contribution < -0.4 is 4.74 Å². The summed E-state index contributed by atoms with van der Waals surface area (Å²) in [5.41, 5.74) is 0.711. The first-order valence-corrected chi connectivity index (χ1v) is 6.48. The maximum absolute atomic E-state index is 12.3. The second kappa shape index (κ2) is 5.54. The molecule has 0 unspecified atom stereocenters. The van der Waals surface area contributed by atoms with Gasteiger partial charge in [0.15, 0.2) is 5.78 Å². The standard InChI is InChI=1S/C14H17ClO2/c1-17-13-8-7-11(9-12(13)15)14(16)10-5-3-2-4-6-10/h7-10H,2-6H2,1H3. The zero-order valence-corrected chi connectivity index (χ0v) is 10.8. The molecule has 0 aliphatic heterocycles. The number of Topliss-reactive ketones (excluding diaryl/α,β-unsaturated/α-hetero) is 1. The van der Waals surface area contributed by atoms with Gasteiger partial charge in [-0.25, -0.2) is 0 Å². The number of methoxy groups -OCH3 is 1. The highest BCUT2D eigenvalue weighted by atomic mass is 35.5. The van der Waals surface area contributed by atoms with Gasteiger partial charge in [-0.05, 0) is 31.0 Å². The Kier molecular flexibility index (Phi) is 4.06. The Morgan fingerprint density at radius 3 is 2.59 bits per heavy atom. The third-order valence-corrected chi connectivity index (χ3v) is 3.71. The van der Waals surface area contributed by atoms with Gasteiger partial charge in [-0.1, -0.05) is 30.9 Å². The van der Waals surface area contributed by atoms with Gasteiger partial charge >= 0.3 is 0 Å². The second-order valence-corrected chi connectivity index (χ2v) is 4.96. The molecule has 17 heavy (non-hydrogen) atoms. The van der Waals surface area contributed by atoms with Crippen LogP contribution in [-0.2, 0) is 0 Å². The fourth-order valence-electron chi connectivity index (χ4n) is 2.42. The molecular weight excluding hydrogens is 236 g/mol. The highest BCUT2D eigenvalue weighted by Gasteiger charge is 2.22. The van der Waals surface area contributed by atoms with Gasteiger partial charge in [-0.15, -0.1) is 0 Å². The molecule has 1 saturated carbocycles. The minimum Gasteiger partial charge on any atom is -0.495 e. The molecule has 0 aromatic heterocycles. The summed E-state index contributed by atoms with van der Waals surface area (Å²) in [5.74, 6) is 1.04. The van der Waals surface area contributed by atoms with Crippen LogP contribution in [-0.4, -0.2) is 12.9 Å². The van der Waals surface area contributed by atoms with Crippen molar-refractivity contribution < 1.29 is 9.53 Å². The van der Waals surface area contributed by atoms with Crippen molar-refractivity contribution in [1.82, 2.24) is 0 Å². The average molecular weight is 253 g/mol. The lowest BCUT2D eigenvalue weighted by Crippen LogP contribution is -2.17.